The van der Waals surface area contributed by atoms with Gasteiger partial charge in [-0.3, -0.25) is 0 Å². The number of hydrogen-bond donors (Lipinski definition) is 2. The minimum absolute atomic E-state index is 0.0255. The smallest absolute Gasteiger partial charge is 0.166 e. The molecule has 0 amide bonds. The predicted molar refractivity (Wildman–Crippen MR) is 92.2 cm³/mol. The van der Waals surface area contributed by atoms with E-state index in [2.05, 4.69) is 45.3 Å². The molecule has 2 nitrogen and oxygen atoms in total. The minimum atomic E-state index is -0.0255. The molecule has 112 valence electrons. The highest BCUT2D eigenvalue weighted by Crippen LogP contribution is 2.26. The van der Waals surface area contributed by atoms with Crippen LogP contribution in [0.1, 0.15) is 46.6 Å². The average Bonchev–Trinajstić information content (AvgIpc) is 2.24. The third-order valence-corrected chi connectivity index (χ3v) is 3.29. The maximum Gasteiger partial charge on any atom is 0.166 e. The number of thiocarbonyl (C=S) groups is 1. The number of nitrogens with one attached hydrogen (secondary N) is 2. The van der Waals surface area contributed by atoms with Gasteiger partial charge in [0.25, 0.3) is 0 Å². The Morgan fingerprint density at radius 3 is 2.15 bits per heavy atom. The number of hydrogen-bond acceptors (Lipinski definition) is 1. The van der Waals surface area contributed by atoms with E-state index in [1.165, 1.54) is 0 Å². The number of rotatable bonds is 4. The fourth-order valence-corrected chi connectivity index (χ4v) is 2.98. The SMILES string of the molecule is CC(C)(C)CC(C)(C)NC(=S)NCc1ccc(Cl)cc1. The molecule has 0 unspecified atom stereocenters. The minimum Gasteiger partial charge on any atom is -0.359 e. The van der Waals surface area contributed by atoms with Crippen molar-refractivity contribution in [3.05, 3.63) is 34.9 Å². The van der Waals surface area contributed by atoms with E-state index in [1.54, 1.807) is 0 Å². The lowest BCUT2D eigenvalue weighted by molar-refractivity contribution is 0.266. The van der Waals surface area contributed by atoms with E-state index < -0.39 is 0 Å². The molecule has 2 N–H and O–H groups in total. The molecule has 1 aromatic carbocycles. The quantitative estimate of drug-likeness (QED) is 0.799. The normalized spacial score (nSPS) is 12.1. The summed E-state index contributed by atoms with van der Waals surface area (Å²) in [5.74, 6) is 0. The summed E-state index contributed by atoms with van der Waals surface area (Å²) in [5.41, 5.74) is 1.40. The van der Waals surface area contributed by atoms with Crippen LogP contribution in [-0.4, -0.2) is 10.7 Å². The van der Waals surface area contributed by atoms with E-state index in [4.69, 9.17) is 23.8 Å². The molecule has 0 saturated carbocycles. The molecule has 0 aliphatic carbocycles. The summed E-state index contributed by atoms with van der Waals surface area (Å²) in [7, 11) is 0. The van der Waals surface area contributed by atoms with Crippen LogP contribution in [0.2, 0.25) is 5.02 Å². The van der Waals surface area contributed by atoms with Gasteiger partial charge in [-0.05, 0) is 55.6 Å². The van der Waals surface area contributed by atoms with Gasteiger partial charge in [-0.1, -0.05) is 44.5 Å². The zero-order chi connectivity index (χ0) is 15.4. The van der Waals surface area contributed by atoms with Gasteiger partial charge in [-0.25, -0.2) is 0 Å². The molecule has 0 fully saturated rings. The Morgan fingerprint density at radius 2 is 1.65 bits per heavy atom. The standard InChI is InChI=1S/C16H25ClN2S/c1-15(2,3)11-16(4,5)19-14(20)18-10-12-6-8-13(17)9-7-12/h6-9H,10-11H2,1-5H3,(H2,18,19,20). The van der Waals surface area contributed by atoms with Gasteiger partial charge in [0.1, 0.15) is 0 Å². The van der Waals surface area contributed by atoms with Crippen LogP contribution in [0.25, 0.3) is 0 Å². The maximum atomic E-state index is 5.86. The van der Waals surface area contributed by atoms with Gasteiger partial charge < -0.3 is 10.6 Å². The maximum absolute atomic E-state index is 5.86. The van der Waals surface area contributed by atoms with Crippen LogP contribution < -0.4 is 10.6 Å². The van der Waals surface area contributed by atoms with Crippen molar-refractivity contribution >= 4 is 28.9 Å². The summed E-state index contributed by atoms with van der Waals surface area (Å²) in [6, 6.07) is 7.77. The zero-order valence-corrected chi connectivity index (χ0v) is 14.6. The summed E-state index contributed by atoms with van der Waals surface area (Å²) in [6.45, 7) is 11.8. The highest BCUT2D eigenvalue weighted by atomic mass is 35.5. The molecule has 0 bridgehead atoms. The van der Waals surface area contributed by atoms with E-state index in [0.29, 0.717) is 11.7 Å². The van der Waals surface area contributed by atoms with Crippen molar-refractivity contribution in [1.29, 1.82) is 0 Å². The van der Waals surface area contributed by atoms with E-state index in [9.17, 15) is 0 Å². The molecule has 0 heterocycles. The van der Waals surface area contributed by atoms with Crippen LogP contribution in [0.5, 0.6) is 0 Å². The molecule has 0 aliphatic rings. The second-order valence-electron chi connectivity index (χ2n) is 7.06. The van der Waals surface area contributed by atoms with Crippen LogP contribution in [0.4, 0.5) is 0 Å². The molecule has 0 aromatic heterocycles. The lowest BCUT2D eigenvalue weighted by Crippen LogP contribution is -2.49. The molecule has 20 heavy (non-hydrogen) atoms. The van der Waals surface area contributed by atoms with Gasteiger partial charge in [0.05, 0.1) is 0 Å². The first-order chi connectivity index (χ1) is 9.07. The highest BCUT2D eigenvalue weighted by Gasteiger charge is 2.25. The van der Waals surface area contributed by atoms with Gasteiger partial charge in [0, 0.05) is 17.1 Å². The monoisotopic (exact) mass is 312 g/mol. The van der Waals surface area contributed by atoms with Crippen LogP contribution in [0, 0.1) is 5.41 Å². The zero-order valence-electron chi connectivity index (χ0n) is 13.0. The van der Waals surface area contributed by atoms with Crippen molar-refractivity contribution in [1.82, 2.24) is 10.6 Å². The summed E-state index contributed by atoms with van der Waals surface area (Å²) in [5, 5.41) is 8.07. The van der Waals surface area contributed by atoms with Gasteiger partial charge >= 0.3 is 0 Å². The second kappa shape index (κ2) is 6.77. The van der Waals surface area contributed by atoms with Crippen molar-refractivity contribution in [2.45, 2.75) is 53.1 Å². The lowest BCUT2D eigenvalue weighted by Gasteiger charge is -2.34. The Hall–Kier alpha value is -0.800. The largest absolute Gasteiger partial charge is 0.359 e. The number of halogens is 1. The molecule has 1 rings (SSSR count). The highest BCUT2D eigenvalue weighted by molar-refractivity contribution is 7.80. The third kappa shape index (κ3) is 7.11. The second-order valence-corrected chi connectivity index (χ2v) is 7.90. The van der Waals surface area contributed by atoms with Crippen LogP contribution in [0.3, 0.4) is 0 Å². The first-order valence-electron chi connectivity index (χ1n) is 6.88. The van der Waals surface area contributed by atoms with Crippen molar-refractivity contribution in [3.8, 4) is 0 Å². The van der Waals surface area contributed by atoms with Gasteiger partial charge in [0.15, 0.2) is 5.11 Å². The molecule has 0 spiro atoms. The molecular formula is C16H25ClN2S. The Kier molecular flexibility index (Phi) is 5.84. The van der Waals surface area contributed by atoms with E-state index in [0.717, 1.165) is 17.0 Å². The topological polar surface area (TPSA) is 24.1 Å². The Morgan fingerprint density at radius 1 is 1.10 bits per heavy atom. The van der Waals surface area contributed by atoms with E-state index in [1.807, 2.05) is 24.3 Å². The summed E-state index contributed by atoms with van der Waals surface area (Å²) in [6.07, 6.45) is 1.04. The third-order valence-electron chi connectivity index (χ3n) is 2.79. The molecule has 0 saturated heterocycles. The summed E-state index contributed by atoms with van der Waals surface area (Å²) >= 11 is 11.2. The lowest BCUT2D eigenvalue weighted by atomic mass is 9.82. The van der Waals surface area contributed by atoms with Gasteiger partial charge in [-0.2, -0.15) is 0 Å². The first kappa shape index (κ1) is 17.3. The molecular weight excluding hydrogens is 288 g/mol. The van der Waals surface area contributed by atoms with Crippen molar-refractivity contribution in [2.24, 2.45) is 5.41 Å². The fraction of sp³-hybridized carbons (Fsp3) is 0.562. The van der Waals surface area contributed by atoms with Crippen molar-refractivity contribution in [3.63, 3.8) is 0 Å². The Labute approximate surface area is 133 Å². The molecule has 4 heteroatoms. The fourth-order valence-electron chi connectivity index (χ4n) is 2.51. The Bertz CT molecular complexity index is 447. The first-order valence-corrected chi connectivity index (χ1v) is 7.66. The van der Waals surface area contributed by atoms with Gasteiger partial charge in [0.2, 0.25) is 0 Å². The van der Waals surface area contributed by atoms with Crippen LogP contribution in [-0.2, 0) is 6.54 Å². The average molecular weight is 313 g/mol. The molecule has 0 aliphatic heterocycles. The van der Waals surface area contributed by atoms with Crippen molar-refractivity contribution in [2.75, 3.05) is 0 Å². The van der Waals surface area contributed by atoms with Crippen LogP contribution >= 0.6 is 23.8 Å². The summed E-state index contributed by atoms with van der Waals surface area (Å²) in [4.78, 5) is 0. The van der Waals surface area contributed by atoms with E-state index >= 15 is 0 Å². The molecule has 1 aromatic rings. The summed E-state index contributed by atoms with van der Waals surface area (Å²) < 4.78 is 0. The van der Waals surface area contributed by atoms with Crippen LogP contribution in [0.15, 0.2) is 24.3 Å². The number of benzene rings is 1. The predicted octanol–water partition coefficient (Wildman–Crippen LogP) is 4.52. The molecule has 0 atom stereocenters. The Balaban J connectivity index is 2.45. The molecule has 0 radical (unpaired) electrons. The van der Waals surface area contributed by atoms with Gasteiger partial charge in [-0.15, -0.1) is 0 Å². The van der Waals surface area contributed by atoms with E-state index in [-0.39, 0.29) is 11.0 Å². The van der Waals surface area contributed by atoms with Crippen molar-refractivity contribution < 1.29 is 0 Å².